The van der Waals surface area contributed by atoms with Crippen molar-refractivity contribution in [3.8, 4) is 0 Å². The van der Waals surface area contributed by atoms with Gasteiger partial charge >= 0.3 is 0 Å². The summed E-state index contributed by atoms with van der Waals surface area (Å²) in [7, 11) is 0. The Morgan fingerprint density at radius 2 is 2.18 bits per heavy atom. The first-order chi connectivity index (χ1) is 8.24. The molecule has 1 aromatic heterocycles. The lowest BCUT2D eigenvalue weighted by Gasteiger charge is -2.13. The van der Waals surface area contributed by atoms with Crippen LogP contribution in [0.3, 0.4) is 0 Å². The predicted molar refractivity (Wildman–Crippen MR) is 65.5 cm³/mol. The minimum Gasteiger partial charge on any atom is -0.459 e. The van der Waals surface area contributed by atoms with Gasteiger partial charge in [-0.05, 0) is 30.9 Å². The summed E-state index contributed by atoms with van der Waals surface area (Å²) in [6.07, 6.45) is 2.34. The van der Waals surface area contributed by atoms with Crippen LogP contribution in [0.15, 0.2) is 34.7 Å². The molecule has 88 valence electrons. The van der Waals surface area contributed by atoms with Crippen LogP contribution in [0.25, 0.3) is 11.0 Å². The molecule has 1 fully saturated rings. The van der Waals surface area contributed by atoms with Crippen molar-refractivity contribution in [3.63, 3.8) is 0 Å². The van der Waals surface area contributed by atoms with Crippen molar-refractivity contribution in [1.82, 2.24) is 5.32 Å². The van der Waals surface area contributed by atoms with Gasteiger partial charge in [0.05, 0.1) is 6.04 Å². The fourth-order valence-corrected chi connectivity index (χ4v) is 2.23. The smallest absolute Gasteiger partial charge is 0.217 e. The van der Waals surface area contributed by atoms with E-state index in [0.717, 1.165) is 16.7 Å². The molecule has 0 spiro atoms. The topological polar surface area (TPSA) is 42.2 Å². The van der Waals surface area contributed by atoms with E-state index in [1.54, 1.807) is 6.92 Å². The normalized spacial score (nSPS) is 17.0. The second-order valence-electron chi connectivity index (χ2n) is 4.70. The van der Waals surface area contributed by atoms with Crippen LogP contribution in [0.5, 0.6) is 0 Å². The maximum Gasteiger partial charge on any atom is 0.217 e. The lowest BCUT2D eigenvalue weighted by atomic mass is 10.1. The van der Waals surface area contributed by atoms with Gasteiger partial charge in [-0.2, -0.15) is 0 Å². The van der Waals surface area contributed by atoms with Crippen molar-refractivity contribution in [2.75, 3.05) is 0 Å². The van der Waals surface area contributed by atoms with Gasteiger partial charge in [-0.25, -0.2) is 0 Å². The van der Waals surface area contributed by atoms with E-state index in [4.69, 9.17) is 4.42 Å². The number of fused-ring (bicyclic) bond motifs is 1. The molecule has 3 nitrogen and oxygen atoms in total. The second kappa shape index (κ2) is 3.91. The highest BCUT2D eigenvalue weighted by molar-refractivity contribution is 5.78. The second-order valence-corrected chi connectivity index (χ2v) is 4.70. The molecular formula is C14H15NO2. The van der Waals surface area contributed by atoms with Gasteiger partial charge in [-0.1, -0.05) is 18.2 Å². The number of carbonyl (C=O) groups is 1. The number of amides is 1. The van der Waals surface area contributed by atoms with Gasteiger partial charge < -0.3 is 9.73 Å². The lowest BCUT2D eigenvalue weighted by molar-refractivity contribution is -0.120. The van der Waals surface area contributed by atoms with Crippen molar-refractivity contribution in [2.45, 2.75) is 25.8 Å². The van der Waals surface area contributed by atoms with E-state index in [-0.39, 0.29) is 11.9 Å². The van der Waals surface area contributed by atoms with E-state index in [0.29, 0.717) is 5.92 Å². The zero-order valence-corrected chi connectivity index (χ0v) is 9.77. The van der Waals surface area contributed by atoms with E-state index < -0.39 is 0 Å². The average molecular weight is 229 g/mol. The standard InChI is InChI=1S/C14H15NO2/c1-9(16)15-14(10-6-7-10)13-8-11-4-2-3-5-12(11)17-13/h2-5,8,10,14H,6-7H2,1H3,(H,15,16). The number of hydrogen-bond donors (Lipinski definition) is 1. The molecule has 3 rings (SSSR count). The highest BCUT2D eigenvalue weighted by Gasteiger charge is 2.35. The van der Waals surface area contributed by atoms with Crippen LogP contribution < -0.4 is 5.32 Å². The Morgan fingerprint density at radius 3 is 2.82 bits per heavy atom. The van der Waals surface area contributed by atoms with E-state index in [1.165, 1.54) is 12.8 Å². The number of para-hydroxylation sites is 1. The first kappa shape index (κ1) is 10.4. The molecule has 0 aliphatic heterocycles. The molecular weight excluding hydrogens is 214 g/mol. The first-order valence-corrected chi connectivity index (χ1v) is 5.99. The Balaban J connectivity index is 1.96. The van der Waals surface area contributed by atoms with Crippen LogP contribution in [-0.4, -0.2) is 5.91 Å². The molecule has 0 saturated heterocycles. The van der Waals surface area contributed by atoms with Crippen LogP contribution in [0, 0.1) is 5.92 Å². The van der Waals surface area contributed by atoms with Gasteiger partial charge in [0.2, 0.25) is 5.91 Å². The first-order valence-electron chi connectivity index (χ1n) is 5.99. The Labute approximate surface area is 99.8 Å². The Kier molecular flexibility index (Phi) is 2.39. The summed E-state index contributed by atoms with van der Waals surface area (Å²) >= 11 is 0. The Hall–Kier alpha value is -1.77. The average Bonchev–Trinajstić information content (AvgIpc) is 3.04. The van der Waals surface area contributed by atoms with Crippen molar-refractivity contribution < 1.29 is 9.21 Å². The summed E-state index contributed by atoms with van der Waals surface area (Å²) in [6, 6.07) is 10.0. The van der Waals surface area contributed by atoms with Crippen molar-refractivity contribution >= 4 is 16.9 Å². The van der Waals surface area contributed by atoms with Crippen LogP contribution in [0.1, 0.15) is 31.6 Å². The molecule has 1 aliphatic rings. The monoisotopic (exact) mass is 229 g/mol. The molecule has 1 unspecified atom stereocenters. The molecule has 1 amide bonds. The van der Waals surface area contributed by atoms with Gasteiger partial charge in [-0.15, -0.1) is 0 Å². The van der Waals surface area contributed by atoms with E-state index in [1.807, 2.05) is 30.3 Å². The predicted octanol–water partition coefficient (Wildman–Crippen LogP) is 3.02. The summed E-state index contributed by atoms with van der Waals surface area (Å²) in [4.78, 5) is 11.2. The molecule has 0 radical (unpaired) electrons. The number of carbonyl (C=O) groups excluding carboxylic acids is 1. The molecule has 0 bridgehead atoms. The van der Waals surface area contributed by atoms with Gasteiger partial charge in [-0.3, -0.25) is 4.79 Å². The lowest BCUT2D eigenvalue weighted by Crippen LogP contribution is -2.27. The van der Waals surface area contributed by atoms with Crippen LogP contribution >= 0.6 is 0 Å². The maximum atomic E-state index is 11.2. The highest BCUT2D eigenvalue weighted by Crippen LogP contribution is 2.42. The van der Waals surface area contributed by atoms with E-state index in [9.17, 15) is 4.79 Å². The van der Waals surface area contributed by atoms with Crippen LogP contribution in [0.2, 0.25) is 0 Å². The summed E-state index contributed by atoms with van der Waals surface area (Å²) in [5.41, 5.74) is 0.888. The molecule has 2 aromatic rings. The minimum absolute atomic E-state index is 0.00218. The third-order valence-corrected chi connectivity index (χ3v) is 3.20. The third-order valence-electron chi connectivity index (χ3n) is 3.20. The number of rotatable bonds is 3. The molecule has 17 heavy (non-hydrogen) atoms. The molecule has 1 atom stereocenters. The largest absolute Gasteiger partial charge is 0.459 e. The molecule has 1 heterocycles. The number of nitrogens with one attached hydrogen (secondary N) is 1. The fourth-order valence-electron chi connectivity index (χ4n) is 2.23. The summed E-state index contributed by atoms with van der Waals surface area (Å²) in [5.74, 6) is 1.42. The number of hydrogen-bond acceptors (Lipinski definition) is 2. The van der Waals surface area contributed by atoms with Gasteiger partial charge in [0.15, 0.2) is 0 Å². The maximum absolute atomic E-state index is 11.2. The number of benzene rings is 1. The summed E-state index contributed by atoms with van der Waals surface area (Å²) in [5, 5.41) is 4.08. The summed E-state index contributed by atoms with van der Waals surface area (Å²) in [6.45, 7) is 1.55. The quantitative estimate of drug-likeness (QED) is 0.879. The van der Waals surface area contributed by atoms with Gasteiger partial charge in [0.1, 0.15) is 11.3 Å². The van der Waals surface area contributed by atoms with Crippen molar-refractivity contribution in [3.05, 3.63) is 36.1 Å². The molecule has 3 heteroatoms. The van der Waals surface area contributed by atoms with E-state index in [2.05, 4.69) is 5.32 Å². The van der Waals surface area contributed by atoms with E-state index >= 15 is 0 Å². The molecule has 1 aromatic carbocycles. The van der Waals surface area contributed by atoms with Crippen LogP contribution in [-0.2, 0) is 4.79 Å². The van der Waals surface area contributed by atoms with Crippen LogP contribution in [0.4, 0.5) is 0 Å². The zero-order valence-electron chi connectivity index (χ0n) is 9.77. The van der Waals surface area contributed by atoms with Gasteiger partial charge in [0, 0.05) is 12.3 Å². The SMILES string of the molecule is CC(=O)NC(c1cc2ccccc2o1)C1CC1. The van der Waals surface area contributed by atoms with Crippen molar-refractivity contribution in [1.29, 1.82) is 0 Å². The minimum atomic E-state index is 0.00218. The van der Waals surface area contributed by atoms with Gasteiger partial charge in [0.25, 0.3) is 0 Å². The third kappa shape index (κ3) is 2.05. The zero-order chi connectivity index (χ0) is 11.8. The highest BCUT2D eigenvalue weighted by atomic mass is 16.3. The fraction of sp³-hybridized carbons (Fsp3) is 0.357. The summed E-state index contributed by atoms with van der Waals surface area (Å²) < 4.78 is 5.82. The molecule has 1 saturated carbocycles. The van der Waals surface area contributed by atoms with Crippen molar-refractivity contribution in [2.24, 2.45) is 5.92 Å². The molecule has 1 N–H and O–H groups in total. The Morgan fingerprint density at radius 1 is 1.41 bits per heavy atom. The number of furan rings is 1. The molecule has 1 aliphatic carbocycles. The Bertz CT molecular complexity index is 521.